The van der Waals surface area contributed by atoms with Crippen molar-refractivity contribution in [3.05, 3.63) is 35.9 Å². The molecule has 0 unspecified atom stereocenters. The van der Waals surface area contributed by atoms with Gasteiger partial charge in [-0.25, -0.2) is 5.01 Å². The molecule has 0 spiro atoms. The molecule has 26 heavy (non-hydrogen) atoms. The van der Waals surface area contributed by atoms with Gasteiger partial charge in [-0.2, -0.15) is 0 Å². The summed E-state index contributed by atoms with van der Waals surface area (Å²) in [6, 6.07) is 8.47. The van der Waals surface area contributed by atoms with Crippen molar-refractivity contribution in [2.75, 3.05) is 19.6 Å². The van der Waals surface area contributed by atoms with Gasteiger partial charge < -0.3 is 11.1 Å². The van der Waals surface area contributed by atoms with Crippen LogP contribution in [0.2, 0.25) is 0 Å². The number of carbonyl (C=O) groups is 3. The predicted octanol–water partition coefficient (Wildman–Crippen LogP) is 1.60. The molecule has 0 aliphatic carbocycles. The standard InChI is InChI=1S/C19H30N4O3/c1-2-3-4-5-6-10-13-21-17(24)15-23(18(25)14-20)22-19(26)16-11-8-7-9-12-16/h7-9,11-12H,2-6,10,13-15,20H2,1H3,(H,21,24)(H,22,26). The molecule has 3 amide bonds. The number of carbonyl (C=O) groups excluding carboxylic acids is 3. The normalized spacial score (nSPS) is 10.2. The zero-order chi connectivity index (χ0) is 19.2. The maximum absolute atomic E-state index is 12.2. The summed E-state index contributed by atoms with van der Waals surface area (Å²) in [6.45, 7) is 2.18. The summed E-state index contributed by atoms with van der Waals surface area (Å²) in [5.41, 5.74) is 8.21. The Morgan fingerprint density at radius 2 is 1.65 bits per heavy atom. The molecule has 1 aromatic rings. The summed E-state index contributed by atoms with van der Waals surface area (Å²) >= 11 is 0. The molecule has 0 fully saturated rings. The van der Waals surface area contributed by atoms with E-state index in [0.29, 0.717) is 12.1 Å². The van der Waals surface area contributed by atoms with Gasteiger partial charge in [0.2, 0.25) is 5.91 Å². The zero-order valence-electron chi connectivity index (χ0n) is 15.5. The van der Waals surface area contributed by atoms with Gasteiger partial charge in [-0.05, 0) is 18.6 Å². The number of amides is 3. The van der Waals surface area contributed by atoms with Crippen molar-refractivity contribution in [3.63, 3.8) is 0 Å². The molecule has 0 aliphatic rings. The van der Waals surface area contributed by atoms with Crippen LogP contribution in [0.5, 0.6) is 0 Å². The number of hydrogen-bond donors (Lipinski definition) is 3. The smallest absolute Gasteiger partial charge is 0.269 e. The third kappa shape index (κ3) is 8.62. The highest BCUT2D eigenvalue weighted by Gasteiger charge is 2.19. The van der Waals surface area contributed by atoms with Crippen LogP contribution in [-0.4, -0.2) is 42.4 Å². The van der Waals surface area contributed by atoms with Crippen molar-refractivity contribution in [3.8, 4) is 0 Å². The maximum atomic E-state index is 12.2. The van der Waals surface area contributed by atoms with E-state index in [9.17, 15) is 14.4 Å². The van der Waals surface area contributed by atoms with E-state index >= 15 is 0 Å². The van der Waals surface area contributed by atoms with Crippen molar-refractivity contribution >= 4 is 17.7 Å². The SMILES string of the molecule is CCCCCCCCNC(=O)CN(NC(=O)c1ccccc1)C(=O)CN. The molecular weight excluding hydrogens is 332 g/mol. The van der Waals surface area contributed by atoms with Crippen LogP contribution >= 0.6 is 0 Å². The minimum Gasteiger partial charge on any atom is -0.354 e. The summed E-state index contributed by atoms with van der Waals surface area (Å²) in [4.78, 5) is 36.1. The largest absolute Gasteiger partial charge is 0.354 e. The summed E-state index contributed by atoms with van der Waals surface area (Å²) in [7, 11) is 0. The van der Waals surface area contributed by atoms with Gasteiger partial charge in [0.05, 0.1) is 6.54 Å². The fraction of sp³-hybridized carbons (Fsp3) is 0.526. The molecule has 7 nitrogen and oxygen atoms in total. The highest BCUT2D eigenvalue weighted by atomic mass is 16.2. The van der Waals surface area contributed by atoms with Crippen molar-refractivity contribution in [2.24, 2.45) is 5.73 Å². The lowest BCUT2D eigenvalue weighted by atomic mass is 10.1. The van der Waals surface area contributed by atoms with Gasteiger partial charge in [0.1, 0.15) is 6.54 Å². The minimum absolute atomic E-state index is 0.259. The summed E-state index contributed by atoms with van der Waals surface area (Å²) < 4.78 is 0. The molecule has 4 N–H and O–H groups in total. The monoisotopic (exact) mass is 362 g/mol. The van der Waals surface area contributed by atoms with Gasteiger partial charge in [0.25, 0.3) is 11.8 Å². The Hall–Kier alpha value is -2.41. The molecule has 0 bridgehead atoms. The van der Waals surface area contributed by atoms with Gasteiger partial charge >= 0.3 is 0 Å². The summed E-state index contributed by atoms with van der Waals surface area (Å²) in [5, 5.41) is 3.74. The average molecular weight is 362 g/mol. The number of unbranched alkanes of at least 4 members (excludes halogenated alkanes) is 5. The number of hydrogen-bond acceptors (Lipinski definition) is 4. The Kier molecular flexibility index (Phi) is 10.7. The number of rotatable bonds is 11. The summed E-state index contributed by atoms with van der Waals surface area (Å²) in [6.07, 6.45) is 6.79. The molecule has 0 atom stereocenters. The van der Waals surface area contributed by atoms with Crippen LogP contribution in [0.25, 0.3) is 0 Å². The van der Waals surface area contributed by atoms with Crippen molar-refractivity contribution in [2.45, 2.75) is 45.4 Å². The third-order valence-electron chi connectivity index (χ3n) is 3.90. The first kappa shape index (κ1) is 21.6. The van der Waals surface area contributed by atoms with Crippen LogP contribution in [0.3, 0.4) is 0 Å². The Morgan fingerprint density at radius 1 is 1.00 bits per heavy atom. The molecule has 0 aromatic heterocycles. The first-order chi connectivity index (χ1) is 12.6. The fourth-order valence-electron chi connectivity index (χ4n) is 2.41. The lowest BCUT2D eigenvalue weighted by Crippen LogP contribution is -2.52. The first-order valence-corrected chi connectivity index (χ1v) is 9.21. The average Bonchev–Trinajstić information content (AvgIpc) is 2.66. The van der Waals surface area contributed by atoms with E-state index in [4.69, 9.17) is 5.73 Å². The number of nitrogens with two attached hydrogens (primary N) is 1. The van der Waals surface area contributed by atoms with Gasteiger partial charge in [0.15, 0.2) is 0 Å². The molecule has 7 heteroatoms. The second-order valence-electron chi connectivity index (χ2n) is 6.11. The van der Waals surface area contributed by atoms with Crippen LogP contribution in [0.1, 0.15) is 55.8 Å². The van der Waals surface area contributed by atoms with Crippen LogP contribution < -0.4 is 16.5 Å². The van der Waals surface area contributed by atoms with E-state index in [1.807, 2.05) is 0 Å². The second kappa shape index (κ2) is 12.9. The van der Waals surface area contributed by atoms with Crippen LogP contribution in [-0.2, 0) is 9.59 Å². The lowest BCUT2D eigenvalue weighted by molar-refractivity contribution is -0.137. The van der Waals surface area contributed by atoms with Gasteiger partial charge in [-0.3, -0.25) is 19.8 Å². The molecule has 0 saturated carbocycles. The van der Waals surface area contributed by atoms with Crippen LogP contribution in [0.4, 0.5) is 0 Å². The lowest BCUT2D eigenvalue weighted by Gasteiger charge is -2.22. The van der Waals surface area contributed by atoms with Crippen molar-refractivity contribution in [1.29, 1.82) is 0 Å². The molecule has 1 rings (SSSR count). The number of hydrazine groups is 1. The highest BCUT2D eigenvalue weighted by Crippen LogP contribution is 2.04. The van der Waals surface area contributed by atoms with Crippen LogP contribution in [0.15, 0.2) is 30.3 Å². The molecule has 0 aliphatic heterocycles. The van der Waals surface area contributed by atoms with E-state index < -0.39 is 11.8 Å². The highest BCUT2D eigenvalue weighted by molar-refractivity contribution is 5.96. The molecule has 1 aromatic carbocycles. The minimum atomic E-state index is -0.524. The fourth-order valence-corrected chi connectivity index (χ4v) is 2.41. The second-order valence-corrected chi connectivity index (χ2v) is 6.11. The Labute approximate surface area is 155 Å². The van der Waals surface area contributed by atoms with Gasteiger partial charge in [-0.1, -0.05) is 57.2 Å². The molecule has 0 radical (unpaired) electrons. The third-order valence-corrected chi connectivity index (χ3v) is 3.90. The van der Waals surface area contributed by atoms with Crippen LogP contribution in [0, 0.1) is 0 Å². The van der Waals surface area contributed by atoms with Gasteiger partial charge in [-0.15, -0.1) is 0 Å². The predicted molar refractivity (Wildman–Crippen MR) is 101 cm³/mol. The van der Waals surface area contributed by atoms with E-state index in [2.05, 4.69) is 17.7 Å². The van der Waals surface area contributed by atoms with Crippen molar-refractivity contribution in [1.82, 2.24) is 15.8 Å². The van der Waals surface area contributed by atoms with E-state index in [-0.39, 0.29) is 19.0 Å². The topological polar surface area (TPSA) is 105 Å². The Morgan fingerprint density at radius 3 is 2.31 bits per heavy atom. The van der Waals surface area contributed by atoms with E-state index in [1.165, 1.54) is 19.3 Å². The number of nitrogens with zero attached hydrogens (tertiary/aromatic N) is 1. The maximum Gasteiger partial charge on any atom is 0.269 e. The van der Waals surface area contributed by atoms with E-state index in [0.717, 1.165) is 24.3 Å². The molecule has 0 heterocycles. The Balaban J connectivity index is 2.40. The van der Waals surface area contributed by atoms with E-state index in [1.54, 1.807) is 30.3 Å². The van der Waals surface area contributed by atoms with Crippen molar-refractivity contribution < 1.29 is 14.4 Å². The summed E-state index contributed by atoms with van der Waals surface area (Å²) in [5.74, 6) is -1.31. The number of nitrogens with one attached hydrogen (secondary N) is 2. The molecule has 144 valence electrons. The Bertz CT molecular complexity index is 563. The van der Waals surface area contributed by atoms with Gasteiger partial charge in [0, 0.05) is 12.1 Å². The zero-order valence-corrected chi connectivity index (χ0v) is 15.5. The molecular formula is C19H30N4O3. The first-order valence-electron chi connectivity index (χ1n) is 9.21. The molecule has 0 saturated heterocycles. The number of benzene rings is 1. The quantitative estimate of drug-likeness (QED) is 0.411.